The first-order valence-corrected chi connectivity index (χ1v) is 8.86. The van der Waals surface area contributed by atoms with Gasteiger partial charge in [-0.2, -0.15) is 6.57 Å². The Hall–Kier alpha value is -3.37. The van der Waals surface area contributed by atoms with E-state index in [4.69, 9.17) is 20.8 Å². The lowest BCUT2D eigenvalue weighted by Gasteiger charge is -2.13. The van der Waals surface area contributed by atoms with Crippen molar-refractivity contribution >= 4 is 17.0 Å². The zero-order valence-corrected chi connectivity index (χ0v) is 15.9. The molecule has 2 aromatic carbocycles. The molecule has 0 amide bonds. The molecular weight excluding hydrogens is 362 g/mol. The molecule has 3 rings (SSSR count). The number of aromatic nitrogens is 1. The predicted octanol–water partition coefficient (Wildman–Crippen LogP) is 4.51. The molecular formula is C20H17N3O3S. The Morgan fingerprint density at radius 1 is 1.04 bits per heavy atom. The second-order valence-electron chi connectivity index (χ2n) is 5.37. The van der Waals surface area contributed by atoms with Gasteiger partial charge in [-0.05, 0) is 12.1 Å². The molecule has 0 unspecified atom stereocenters. The number of rotatable bonds is 6. The van der Waals surface area contributed by atoms with Gasteiger partial charge in [-0.15, -0.1) is 16.3 Å². The van der Waals surface area contributed by atoms with Crippen molar-refractivity contribution in [1.29, 1.82) is 0 Å². The fourth-order valence-electron chi connectivity index (χ4n) is 2.62. The number of benzene rings is 2. The zero-order chi connectivity index (χ0) is 19.2. The van der Waals surface area contributed by atoms with Gasteiger partial charge in [-0.25, -0.2) is 4.98 Å². The second kappa shape index (κ2) is 8.34. The Balaban J connectivity index is 2.09. The normalized spacial score (nSPS) is 11.0. The van der Waals surface area contributed by atoms with Crippen LogP contribution < -0.4 is 14.2 Å². The van der Waals surface area contributed by atoms with Gasteiger partial charge in [-0.3, -0.25) is 0 Å². The largest absolute Gasteiger partial charge is 0.493 e. The molecule has 0 atom stereocenters. The highest BCUT2D eigenvalue weighted by molar-refractivity contribution is 7.13. The van der Waals surface area contributed by atoms with Crippen LogP contribution in [0.1, 0.15) is 11.3 Å². The molecule has 27 heavy (non-hydrogen) atoms. The summed E-state index contributed by atoms with van der Waals surface area (Å²) in [5, 5.41) is 6.72. The van der Waals surface area contributed by atoms with E-state index >= 15 is 0 Å². The van der Waals surface area contributed by atoms with Crippen molar-refractivity contribution in [1.82, 2.24) is 4.98 Å². The first kappa shape index (κ1) is 18.4. The van der Waals surface area contributed by atoms with Crippen molar-refractivity contribution in [3.05, 3.63) is 70.6 Å². The maximum Gasteiger partial charge on any atom is 0.203 e. The van der Waals surface area contributed by atoms with Gasteiger partial charge in [0, 0.05) is 16.5 Å². The summed E-state index contributed by atoms with van der Waals surface area (Å²) in [6, 6.07) is 13.4. The standard InChI is InChI=1S/C20H17N3O3S/c1-21-23-18(14-10-16(24-2)19(26-4)17(11-14)25-3)15-12-27-20(22-15)13-8-6-5-7-9-13/h5-12H,2-4H3. The lowest BCUT2D eigenvalue weighted by atomic mass is 10.1. The fourth-order valence-corrected chi connectivity index (χ4v) is 3.43. The van der Waals surface area contributed by atoms with Crippen molar-refractivity contribution in [2.75, 3.05) is 21.3 Å². The van der Waals surface area contributed by atoms with E-state index in [0.29, 0.717) is 34.2 Å². The van der Waals surface area contributed by atoms with Gasteiger partial charge in [0.15, 0.2) is 17.2 Å². The van der Waals surface area contributed by atoms with Gasteiger partial charge in [0.05, 0.1) is 26.4 Å². The molecule has 0 N–H and O–H groups in total. The van der Waals surface area contributed by atoms with E-state index in [-0.39, 0.29) is 0 Å². The van der Waals surface area contributed by atoms with Gasteiger partial charge in [0.1, 0.15) is 10.7 Å². The molecule has 3 aromatic rings. The summed E-state index contributed by atoms with van der Waals surface area (Å²) >= 11 is 1.50. The highest BCUT2D eigenvalue weighted by atomic mass is 32.1. The smallest absolute Gasteiger partial charge is 0.203 e. The van der Waals surface area contributed by atoms with Crippen LogP contribution in [-0.4, -0.2) is 32.0 Å². The minimum absolute atomic E-state index is 0.447. The van der Waals surface area contributed by atoms with Crippen LogP contribution in [0.2, 0.25) is 0 Å². The second-order valence-corrected chi connectivity index (χ2v) is 6.22. The molecule has 0 aliphatic carbocycles. The Bertz CT molecular complexity index is 982. The van der Waals surface area contributed by atoms with Crippen LogP contribution in [0.15, 0.2) is 52.9 Å². The van der Waals surface area contributed by atoms with Gasteiger partial charge in [0.2, 0.25) is 5.75 Å². The quantitative estimate of drug-likeness (QED) is 0.359. The molecule has 136 valence electrons. The number of hydrogen-bond acceptors (Lipinski definition) is 6. The SMILES string of the molecule is [C-]#[N+]N=C(c1cc(OC)c(OC)c(OC)c1)c1csc(-c2ccccc2)n1. The van der Waals surface area contributed by atoms with Crippen LogP contribution in [-0.2, 0) is 0 Å². The lowest BCUT2D eigenvalue weighted by Crippen LogP contribution is -2.05. The molecule has 1 aromatic heterocycles. The van der Waals surface area contributed by atoms with Crippen LogP contribution >= 0.6 is 11.3 Å². The summed E-state index contributed by atoms with van der Waals surface area (Å²) in [5.74, 6) is 1.46. The summed E-state index contributed by atoms with van der Waals surface area (Å²) in [4.78, 5) is 7.87. The van der Waals surface area contributed by atoms with Crippen molar-refractivity contribution in [2.24, 2.45) is 5.10 Å². The van der Waals surface area contributed by atoms with E-state index in [0.717, 1.165) is 10.6 Å². The number of ether oxygens (including phenoxy) is 3. The summed E-state index contributed by atoms with van der Waals surface area (Å²) in [6.07, 6.45) is 0. The van der Waals surface area contributed by atoms with Crippen LogP contribution in [0, 0.1) is 6.57 Å². The van der Waals surface area contributed by atoms with Gasteiger partial charge in [0.25, 0.3) is 0 Å². The van der Waals surface area contributed by atoms with Gasteiger partial charge in [-0.1, -0.05) is 30.3 Å². The Kier molecular flexibility index (Phi) is 5.69. The van der Waals surface area contributed by atoms with E-state index in [2.05, 4.69) is 15.0 Å². The molecule has 0 aliphatic heterocycles. The van der Waals surface area contributed by atoms with E-state index in [9.17, 15) is 0 Å². The molecule has 0 saturated carbocycles. The Labute approximate surface area is 161 Å². The van der Waals surface area contributed by atoms with Crippen molar-refractivity contribution in [2.45, 2.75) is 0 Å². The Morgan fingerprint density at radius 3 is 2.26 bits per heavy atom. The molecule has 0 fully saturated rings. The molecule has 7 heteroatoms. The van der Waals surface area contributed by atoms with Crippen molar-refractivity contribution < 1.29 is 14.2 Å². The maximum absolute atomic E-state index is 7.20. The van der Waals surface area contributed by atoms with Crippen LogP contribution in [0.3, 0.4) is 0 Å². The van der Waals surface area contributed by atoms with Crippen molar-refractivity contribution in [3.8, 4) is 27.8 Å². The summed E-state index contributed by atoms with van der Waals surface area (Å²) in [6.45, 7) is 7.20. The topological polar surface area (TPSA) is 57.3 Å². The molecule has 0 saturated heterocycles. The Morgan fingerprint density at radius 2 is 1.70 bits per heavy atom. The summed E-state index contributed by atoms with van der Waals surface area (Å²) < 4.78 is 16.2. The lowest BCUT2D eigenvalue weighted by molar-refractivity contribution is 0.324. The first-order valence-electron chi connectivity index (χ1n) is 7.98. The number of hydrogen-bond donors (Lipinski definition) is 0. The van der Waals surface area contributed by atoms with Gasteiger partial charge >= 0.3 is 0 Å². The average Bonchev–Trinajstić information content (AvgIpc) is 3.21. The van der Waals surface area contributed by atoms with Crippen molar-refractivity contribution in [3.63, 3.8) is 0 Å². The molecule has 0 spiro atoms. The molecule has 0 radical (unpaired) electrons. The third-order valence-corrected chi connectivity index (χ3v) is 4.75. The van der Waals surface area contributed by atoms with Crippen LogP contribution in [0.4, 0.5) is 0 Å². The van der Waals surface area contributed by atoms with E-state index in [1.54, 1.807) is 33.5 Å². The molecule has 1 heterocycles. The number of methoxy groups -OCH3 is 3. The summed E-state index contributed by atoms with van der Waals surface area (Å²) in [7, 11) is 4.63. The maximum atomic E-state index is 7.20. The van der Waals surface area contributed by atoms with Gasteiger partial charge < -0.3 is 14.2 Å². The highest BCUT2D eigenvalue weighted by Crippen LogP contribution is 2.39. The predicted molar refractivity (Wildman–Crippen MR) is 106 cm³/mol. The number of nitrogens with zero attached hydrogens (tertiary/aromatic N) is 3. The molecule has 6 nitrogen and oxygen atoms in total. The fraction of sp³-hybridized carbons (Fsp3) is 0.150. The average molecular weight is 379 g/mol. The molecule has 0 bridgehead atoms. The number of thiazole rings is 1. The van der Waals surface area contributed by atoms with E-state index in [1.807, 2.05) is 35.7 Å². The van der Waals surface area contributed by atoms with E-state index < -0.39 is 0 Å². The monoisotopic (exact) mass is 379 g/mol. The summed E-state index contributed by atoms with van der Waals surface area (Å²) in [5.41, 5.74) is 2.73. The minimum Gasteiger partial charge on any atom is -0.493 e. The first-order chi connectivity index (χ1) is 13.2. The minimum atomic E-state index is 0.447. The highest BCUT2D eigenvalue weighted by Gasteiger charge is 2.21. The third kappa shape index (κ3) is 3.76. The van der Waals surface area contributed by atoms with E-state index in [1.165, 1.54) is 11.3 Å². The third-order valence-electron chi connectivity index (χ3n) is 3.86. The van der Waals surface area contributed by atoms with Crippen LogP contribution in [0.25, 0.3) is 15.5 Å². The zero-order valence-electron chi connectivity index (χ0n) is 15.1. The molecule has 0 aliphatic rings. The van der Waals surface area contributed by atoms with Crippen LogP contribution in [0.5, 0.6) is 17.2 Å².